The Labute approximate surface area is 226 Å². The van der Waals surface area contributed by atoms with Crippen molar-refractivity contribution in [1.82, 2.24) is 0 Å². The fourth-order valence-electron chi connectivity index (χ4n) is 7.66. The van der Waals surface area contributed by atoms with Gasteiger partial charge in [0.05, 0.1) is 35.7 Å². The zero-order valence-electron chi connectivity index (χ0n) is 22.7. The molecule has 4 aliphatic rings. The van der Waals surface area contributed by atoms with Gasteiger partial charge in [0.25, 0.3) is 0 Å². The maximum absolute atomic E-state index is 14.3. The summed E-state index contributed by atoms with van der Waals surface area (Å²) in [5.74, 6) is -3.60. The fraction of sp³-hybridized carbons (Fsp3) is 0.621. The molecule has 1 saturated heterocycles. The minimum atomic E-state index is -2.07. The Morgan fingerprint density at radius 3 is 2.28 bits per heavy atom. The van der Waals surface area contributed by atoms with Crippen molar-refractivity contribution in [2.45, 2.75) is 89.2 Å². The Morgan fingerprint density at radius 1 is 1.08 bits per heavy atom. The number of hydrogen-bond acceptors (Lipinski definition) is 10. The third kappa shape index (κ3) is 3.62. The molecule has 1 aliphatic heterocycles. The lowest BCUT2D eigenvalue weighted by atomic mass is 9.44. The predicted molar refractivity (Wildman–Crippen MR) is 135 cm³/mol. The van der Waals surface area contributed by atoms with E-state index in [2.05, 4.69) is 0 Å². The van der Waals surface area contributed by atoms with Crippen LogP contribution in [0.25, 0.3) is 0 Å². The highest BCUT2D eigenvalue weighted by Gasteiger charge is 2.77. The van der Waals surface area contributed by atoms with Gasteiger partial charge in [-0.2, -0.15) is 0 Å². The summed E-state index contributed by atoms with van der Waals surface area (Å²) in [6.07, 6.45) is -7.26. The first-order valence-electron chi connectivity index (χ1n) is 13.2. The molecule has 1 heterocycles. The number of aliphatic hydroxyl groups is 4. The molecule has 1 aromatic rings. The lowest BCUT2D eigenvalue weighted by Crippen LogP contribution is -2.81. The molecule has 3 aliphatic carbocycles. The number of fused-ring (bicyclic) bond motifs is 5. The Kier molecular flexibility index (Phi) is 6.40. The van der Waals surface area contributed by atoms with Crippen molar-refractivity contribution in [2.75, 3.05) is 6.61 Å². The molecule has 0 spiro atoms. The summed E-state index contributed by atoms with van der Waals surface area (Å²) in [6, 6.07) is 8.08. The molecule has 0 unspecified atom stereocenters. The standard InChI is InChI=1S/C29H36O10/c1-14-17(31)12-29(36)24(38-25(35)16-9-7-6-8-10-16)22-27(5,23(34)21(33)20(14)26(29,3)4)18(32)11-19-28(22,13-37-19)39-15(2)30/h6-10,17-19,21-22,24,31-33,36H,11-13H2,1-5H3/t17-,18-,19+,21-,22-,24-,27+,28-,29+/m0/s1. The third-order valence-electron chi connectivity index (χ3n) is 9.95. The molecule has 9 atom stereocenters. The number of benzene rings is 1. The number of rotatable bonds is 3. The second kappa shape index (κ2) is 8.94. The van der Waals surface area contributed by atoms with Crippen molar-refractivity contribution in [1.29, 1.82) is 0 Å². The molecule has 5 rings (SSSR count). The van der Waals surface area contributed by atoms with Gasteiger partial charge in [-0.1, -0.05) is 32.0 Å². The molecule has 212 valence electrons. The number of carbonyl (C=O) groups is 3. The van der Waals surface area contributed by atoms with Crippen molar-refractivity contribution >= 4 is 17.7 Å². The van der Waals surface area contributed by atoms with Crippen LogP contribution in [0.3, 0.4) is 0 Å². The number of ketones is 1. The zero-order valence-corrected chi connectivity index (χ0v) is 22.7. The van der Waals surface area contributed by atoms with Crippen LogP contribution in [0.4, 0.5) is 0 Å². The number of ether oxygens (including phenoxy) is 3. The van der Waals surface area contributed by atoms with Crippen molar-refractivity contribution < 1.29 is 49.0 Å². The fourth-order valence-corrected chi connectivity index (χ4v) is 7.66. The molecule has 4 N–H and O–H groups in total. The normalized spacial score (nSPS) is 42.7. The van der Waals surface area contributed by atoms with Crippen LogP contribution in [0.15, 0.2) is 41.5 Å². The summed E-state index contributed by atoms with van der Waals surface area (Å²) in [7, 11) is 0. The first kappa shape index (κ1) is 27.9. The van der Waals surface area contributed by atoms with E-state index >= 15 is 0 Å². The first-order valence-corrected chi connectivity index (χ1v) is 13.2. The van der Waals surface area contributed by atoms with Crippen LogP contribution >= 0.6 is 0 Å². The van der Waals surface area contributed by atoms with E-state index in [1.165, 1.54) is 26.0 Å². The smallest absolute Gasteiger partial charge is 0.338 e. The molecule has 2 saturated carbocycles. The number of aliphatic hydroxyl groups excluding tert-OH is 3. The highest BCUT2D eigenvalue weighted by molar-refractivity contribution is 5.94. The Balaban J connectivity index is 1.81. The topological polar surface area (TPSA) is 160 Å². The Bertz CT molecular complexity index is 1240. The average Bonchev–Trinajstić information content (AvgIpc) is 2.87. The minimum absolute atomic E-state index is 0.0828. The van der Waals surface area contributed by atoms with E-state index in [4.69, 9.17) is 14.2 Å². The summed E-state index contributed by atoms with van der Waals surface area (Å²) in [6.45, 7) is 7.29. The maximum atomic E-state index is 14.3. The minimum Gasteiger partial charge on any atom is -0.455 e. The lowest BCUT2D eigenvalue weighted by Gasteiger charge is -2.67. The van der Waals surface area contributed by atoms with E-state index in [0.29, 0.717) is 5.57 Å². The molecular formula is C29H36O10. The molecule has 39 heavy (non-hydrogen) atoms. The molecule has 0 amide bonds. The average molecular weight is 545 g/mol. The Morgan fingerprint density at radius 2 is 1.72 bits per heavy atom. The summed E-state index contributed by atoms with van der Waals surface area (Å²) >= 11 is 0. The van der Waals surface area contributed by atoms with Crippen LogP contribution in [-0.2, 0) is 23.8 Å². The predicted octanol–water partition coefficient (Wildman–Crippen LogP) is 1.08. The number of esters is 2. The molecule has 3 fully saturated rings. The summed E-state index contributed by atoms with van der Waals surface area (Å²) in [5.41, 5.74) is -6.24. The van der Waals surface area contributed by atoms with E-state index in [9.17, 15) is 34.8 Å². The van der Waals surface area contributed by atoms with Crippen LogP contribution in [-0.4, -0.2) is 86.5 Å². The van der Waals surface area contributed by atoms with Gasteiger partial charge in [-0.3, -0.25) is 9.59 Å². The molecule has 0 aromatic heterocycles. The van der Waals surface area contributed by atoms with Gasteiger partial charge in [0.1, 0.15) is 23.9 Å². The van der Waals surface area contributed by atoms with Gasteiger partial charge in [-0.05, 0) is 37.1 Å². The maximum Gasteiger partial charge on any atom is 0.338 e. The quantitative estimate of drug-likeness (QED) is 0.320. The van der Waals surface area contributed by atoms with Crippen LogP contribution < -0.4 is 0 Å². The second-order valence-corrected chi connectivity index (χ2v) is 12.2. The van der Waals surface area contributed by atoms with Crippen molar-refractivity contribution in [3.63, 3.8) is 0 Å². The van der Waals surface area contributed by atoms with Crippen molar-refractivity contribution in [2.24, 2.45) is 16.7 Å². The van der Waals surface area contributed by atoms with Gasteiger partial charge in [0.15, 0.2) is 11.4 Å². The van der Waals surface area contributed by atoms with E-state index in [1.54, 1.807) is 39.0 Å². The second-order valence-electron chi connectivity index (χ2n) is 12.2. The van der Waals surface area contributed by atoms with E-state index in [0.717, 1.165) is 0 Å². The Hall–Kier alpha value is -2.63. The van der Waals surface area contributed by atoms with Crippen LogP contribution in [0.1, 0.15) is 57.8 Å². The number of carbonyl (C=O) groups excluding carboxylic acids is 3. The molecular weight excluding hydrogens is 508 g/mol. The monoisotopic (exact) mass is 544 g/mol. The van der Waals surface area contributed by atoms with Crippen LogP contribution in [0.5, 0.6) is 0 Å². The van der Waals surface area contributed by atoms with Crippen LogP contribution in [0.2, 0.25) is 0 Å². The summed E-state index contributed by atoms with van der Waals surface area (Å²) in [5, 5.41) is 46.7. The van der Waals surface area contributed by atoms with Gasteiger partial charge in [-0.15, -0.1) is 0 Å². The van der Waals surface area contributed by atoms with E-state index in [1.807, 2.05) is 0 Å². The van der Waals surface area contributed by atoms with Gasteiger partial charge in [0.2, 0.25) is 0 Å². The van der Waals surface area contributed by atoms with Gasteiger partial charge in [0, 0.05) is 25.2 Å². The molecule has 10 nitrogen and oxygen atoms in total. The summed E-state index contributed by atoms with van der Waals surface area (Å²) < 4.78 is 17.7. The van der Waals surface area contributed by atoms with E-state index < -0.39 is 76.2 Å². The van der Waals surface area contributed by atoms with Gasteiger partial charge < -0.3 is 34.6 Å². The number of hydrogen-bond donors (Lipinski definition) is 4. The highest BCUT2D eigenvalue weighted by Crippen LogP contribution is 2.63. The van der Waals surface area contributed by atoms with Gasteiger partial charge in [-0.25, -0.2) is 4.79 Å². The van der Waals surface area contributed by atoms with E-state index in [-0.39, 0.29) is 30.6 Å². The van der Waals surface area contributed by atoms with Gasteiger partial charge >= 0.3 is 11.9 Å². The third-order valence-corrected chi connectivity index (χ3v) is 9.95. The molecule has 10 heteroatoms. The lowest BCUT2D eigenvalue weighted by molar-refractivity contribution is -0.345. The highest BCUT2D eigenvalue weighted by atomic mass is 16.6. The molecule has 1 aromatic carbocycles. The first-order chi connectivity index (χ1) is 18.1. The SMILES string of the molecule is CC(=O)O[C@@]12CO[C@@H]1C[C@H](O)[C@@]1(C)C(=O)[C@@H](O)C3=C(C)[C@@H](O)C[C@@](O)([C@@H](OC(=O)c4ccccc4)[C@H]21)C3(C)C. The largest absolute Gasteiger partial charge is 0.455 e. The van der Waals surface area contributed by atoms with Crippen molar-refractivity contribution in [3.8, 4) is 0 Å². The summed E-state index contributed by atoms with van der Waals surface area (Å²) in [4.78, 5) is 40.3. The molecule has 0 radical (unpaired) electrons. The zero-order chi connectivity index (χ0) is 28.7. The number of Topliss-reactive ketones (excluding diaryl/α,β-unsaturated/α-hetero) is 1. The van der Waals surface area contributed by atoms with Crippen molar-refractivity contribution in [3.05, 3.63) is 47.0 Å². The molecule has 2 bridgehead atoms. The van der Waals surface area contributed by atoms with Crippen LogP contribution in [0, 0.1) is 16.7 Å².